The fourth-order valence-corrected chi connectivity index (χ4v) is 5.44. The maximum Gasteiger partial charge on any atom is 0.262 e. The third kappa shape index (κ3) is 2.60. The highest BCUT2D eigenvalue weighted by Crippen LogP contribution is 2.35. The quantitative estimate of drug-likeness (QED) is 0.538. The molecule has 26 heavy (non-hydrogen) atoms. The Bertz CT molecular complexity index is 1140. The Morgan fingerprint density at radius 3 is 3.19 bits per heavy atom. The highest BCUT2D eigenvalue weighted by atomic mass is 32.1. The second-order valence-electron chi connectivity index (χ2n) is 6.70. The van der Waals surface area contributed by atoms with Gasteiger partial charge in [-0.25, -0.2) is 4.98 Å². The molecule has 1 aliphatic rings. The molecule has 0 fully saturated rings. The molecule has 0 bridgehead atoms. The van der Waals surface area contributed by atoms with Crippen molar-refractivity contribution in [2.75, 3.05) is 0 Å². The third-order valence-electron chi connectivity index (χ3n) is 4.80. The number of aromatic nitrogens is 4. The van der Waals surface area contributed by atoms with Crippen LogP contribution in [0.5, 0.6) is 0 Å². The lowest BCUT2D eigenvalue weighted by Gasteiger charge is -2.17. The minimum absolute atomic E-state index is 0.0158. The monoisotopic (exact) mass is 384 g/mol. The minimum Gasteiger partial charge on any atom is -0.337 e. The van der Waals surface area contributed by atoms with Crippen LogP contribution in [0, 0.1) is 5.92 Å². The Kier molecular flexibility index (Phi) is 3.75. The van der Waals surface area contributed by atoms with Crippen LogP contribution >= 0.6 is 22.7 Å². The normalized spacial score (nSPS) is 16.9. The van der Waals surface area contributed by atoms with E-state index < -0.39 is 0 Å². The molecule has 132 valence electrons. The summed E-state index contributed by atoms with van der Waals surface area (Å²) in [6, 6.07) is 3.89. The molecule has 1 unspecified atom stereocenters. The molecule has 0 N–H and O–H groups in total. The molecule has 0 amide bonds. The largest absolute Gasteiger partial charge is 0.337 e. The van der Waals surface area contributed by atoms with Gasteiger partial charge in [0.2, 0.25) is 11.7 Å². The Balaban J connectivity index is 1.52. The van der Waals surface area contributed by atoms with Crippen molar-refractivity contribution < 1.29 is 4.52 Å². The first kappa shape index (κ1) is 15.9. The Morgan fingerprint density at radius 1 is 1.42 bits per heavy atom. The summed E-state index contributed by atoms with van der Waals surface area (Å²) in [6.07, 6.45) is 4.72. The minimum atomic E-state index is -0.0158. The fourth-order valence-electron chi connectivity index (χ4n) is 3.45. The molecular weight excluding hydrogens is 368 g/mol. The van der Waals surface area contributed by atoms with Gasteiger partial charge in [-0.05, 0) is 42.2 Å². The van der Waals surface area contributed by atoms with Crippen LogP contribution in [0.2, 0.25) is 0 Å². The number of fused-ring (bicyclic) bond motifs is 3. The van der Waals surface area contributed by atoms with E-state index in [-0.39, 0.29) is 12.1 Å². The molecule has 0 saturated carbocycles. The summed E-state index contributed by atoms with van der Waals surface area (Å²) in [5.74, 6) is 1.64. The Hall–Kier alpha value is -2.32. The predicted molar refractivity (Wildman–Crippen MR) is 102 cm³/mol. The van der Waals surface area contributed by atoms with E-state index in [9.17, 15) is 4.79 Å². The summed E-state index contributed by atoms with van der Waals surface area (Å²) in [7, 11) is 0. The second-order valence-corrected chi connectivity index (χ2v) is 8.73. The number of nitrogens with zero attached hydrogens (tertiary/aromatic N) is 4. The van der Waals surface area contributed by atoms with E-state index in [4.69, 9.17) is 4.52 Å². The van der Waals surface area contributed by atoms with Crippen LogP contribution in [0.15, 0.2) is 33.2 Å². The molecule has 0 aliphatic heterocycles. The van der Waals surface area contributed by atoms with Crippen molar-refractivity contribution >= 4 is 32.9 Å². The van der Waals surface area contributed by atoms with Gasteiger partial charge in [0.15, 0.2) is 0 Å². The van der Waals surface area contributed by atoms with Gasteiger partial charge in [0, 0.05) is 4.88 Å². The van der Waals surface area contributed by atoms with Crippen molar-refractivity contribution in [3.63, 3.8) is 0 Å². The molecule has 0 aromatic carbocycles. The molecule has 4 aromatic heterocycles. The smallest absolute Gasteiger partial charge is 0.262 e. The zero-order valence-electron chi connectivity index (χ0n) is 14.1. The van der Waals surface area contributed by atoms with Gasteiger partial charge < -0.3 is 4.52 Å². The van der Waals surface area contributed by atoms with Crippen LogP contribution in [0.4, 0.5) is 0 Å². The standard InChI is InChI=1S/C18H16N4O2S2/c1-10-4-5-11-13(7-10)26-17-15(11)18(23)22(9-19-17)8-14-20-16(21-24-14)12-3-2-6-25-12/h2-3,6,9-10H,4-5,7-8H2,1H3. The summed E-state index contributed by atoms with van der Waals surface area (Å²) >= 11 is 3.21. The lowest BCUT2D eigenvalue weighted by molar-refractivity contribution is 0.370. The molecule has 1 aliphatic carbocycles. The maximum absolute atomic E-state index is 13.0. The van der Waals surface area contributed by atoms with Gasteiger partial charge in [-0.3, -0.25) is 9.36 Å². The Morgan fingerprint density at radius 2 is 2.35 bits per heavy atom. The second kappa shape index (κ2) is 6.14. The van der Waals surface area contributed by atoms with Gasteiger partial charge in [-0.2, -0.15) is 4.98 Å². The average Bonchev–Trinajstić information content (AvgIpc) is 3.35. The lowest BCUT2D eigenvalue weighted by atomic mass is 9.89. The van der Waals surface area contributed by atoms with Crippen molar-refractivity contribution in [1.82, 2.24) is 19.7 Å². The van der Waals surface area contributed by atoms with Gasteiger partial charge in [0.1, 0.15) is 11.4 Å². The molecule has 4 aromatic rings. The first-order valence-electron chi connectivity index (χ1n) is 8.55. The van der Waals surface area contributed by atoms with Crippen LogP contribution in [-0.2, 0) is 19.4 Å². The molecule has 0 saturated heterocycles. The van der Waals surface area contributed by atoms with Gasteiger partial charge in [-0.15, -0.1) is 22.7 Å². The van der Waals surface area contributed by atoms with Crippen LogP contribution in [-0.4, -0.2) is 19.7 Å². The summed E-state index contributed by atoms with van der Waals surface area (Å²) in [5.41, 5.74) is 1.18. The van der Waals surface area contributed by atoms with Crippen molar-refractivity contribution in [1.29, 1.82) is 0 Å². The van der Waals surface area contributed by atoms with Crippen LogP contribution in [0.3, 0.4) is 0 Å². The van der Waals surface area contributed by atoms with Crippen LogP contribution in [0.1, 0.15) is 29.7 Å². The number of hydrogen-bond acceptors (Lipinski definition) is 7. The zero-order chi connectivity index (χ0) is 17.7. The molecular formula is C18H16N4O2S2. The summed E-state index contributed by atoms with van der Waals surface area (Å²) in [4.78, 5) is 25.1. The lowest BCUT2D eigenvalue weighted by Crippen LogP contribution is -2.22. The van der Waals surface area contributed by atoms with E-state index in [0.29, 0.717) is 17.6 Å². The van der Waals surface area contributed by atoms with E-state index in [1.807, 2.05) is 17.5 Å². The van der Waals surface area contributed by atoms with E-state index in [0.717, 1.165) is 34.4 Å². The number of rotatable bonds is 3. The molecule has 8 heteroatoms. The molecule has 5 rings (SSSR count). The van der Waals surface area contributed by atoms with Gasteiger partial charge >= 0.3 is 0 Å². The van der Waals surface area contributed by atoms with Gasteiger partial charge in [0.05, 0.1) is 16.6 Å². The average molecular weight is 384 g/mol. The first-order chi connectivity index (χ1) is 12.7. The number of thiophene rings is 2. The van der Waals surface area contributed by atoms with Gasteiger partial charge in [-0.1, -0.05) is 18.1 Å². The highest BCUT2D eigenvalue weighted by Gasteiger charge is 2.23. The van der Waals surface area contributed by atoms with Gasteiger partial charge in [0.25, 0.3) is 5.56 Å². The number of aryl methyl sites for hydroxylation is 1. The molecule has 4 heterocycles. The fraction of sp³-hybridized carbons (Fsp3) is 0.333. The van der Waals surface area contributed by atoms with Crippen molar-refractivity contribution in [2.45, 2.75) is 32.7 Å². The number of hydrogen-bond donors (Lipinski definition) is 0. The van der Waals surface area contributed by atoms with E-state index in [2.05, 4.69) is 22.0 Å². The van der Waals surface area contributed by atoms with Crippen molar-refractivity contribution in [3.8, 4) is 10.7 Å². The highest BCUT2D eigenvalue weighted by molar-refractivity contribution is 7.18. The van der Waals surface area contributed by atoms with E-state index >= 15 is 0 Å². The van der Waals surface area contributed by atoms with Crippen molar-refractivity contribution in [2.24, 2.45) is 5.92 Å². The van der Waals surface area contributed by atoms with Crippen LogP contribution in [0.25, 0.3) is 20.9 Å². The predicted octanol–water partition coefficient (Wildman–Crippen LogP) is 3.74. The molecule has 0 radical (unpaired) electrons. The first-order valence-corrected chi connectivity index (χ1v) is 10.2. The molecule has 1 atom stereocenters. The molecule has 6 nitrogen and oxygen atoms in total. The van der Waals surface area contributed by atoms with E-state index in [1.165, 1.54) is 10.4 Å². The Labute approximate surface area is 157 Å². The summed E-state index contributed by atoms with van der Waals surface area (Å²) in [5, 5.41) is 6.75. The summed E-state index contributed by atoms with van der Waals surface area (Å²) < 4.78 is 6.90. The topological polar surface area (TPSA) is 73.8 Å². The molecule has 0 spiro atoms. The SMILES string of the molecule is CC1CCc2c(sc3ncn(Cc4nc(-c5cccs5)no4)c(=O)c23)C1. The third-order valence-corrected chi connectivity index (χ3v) is 6.83. The van der Waals surface area contributed by atoms with Crippen molar-refractivity contribution in [3.05, 3.63) is 50.5 Å². The van der Waals surface area contributed by atoms with Crippen LogP contribution < -0.4 is 5.56 Å². The summed E-state index contributed by atoms with van der Waals surface area (Å²) in [6.45, 7) is 2.50. The van der Waals surface area contributed by atoms with E-state index in [1.54, 1.807) is 33.6 Å². The zero-order valence-corrected chi connectivity index (χ0v) is 15.8. The maximum atomic E-state index is 13.0.